The number of aromatic nitrogens is 1. The molecule has 0 spiro atoms. The normalized spacial score (nSPS) is 20.7. The fourth-order valence-electron chi connectivity index (χ4n) is 1.93. The molecule has 1 aliphatic heterocycles. The van der Waals surface area contributed by atoms with Crippen molar-refractivity contribution in [1.29, 1.82) is 0 Å². The number of carbonyl (C=O) groups excluding carboxylic acids is 2. The van der Waals surface area contributed by atoms with Gasteiger partial charge in [-0.2, -0.15) is 0 Å². The number of carbonyl (C=O) groups is 2. The monoisotopic (exact) mass is 219 g/mol. The van der Waals surface area contributed by atoms with Crippen LogP contribution in [-0.4, -0.2) is 16.8 Å². The molecule has 2 rings (SSSR count). The topological polar surface area (TPSA) is 85.1 Å². The maximum Gasteiger partial charge on any atom is 0.234 e. The van der Waals surface area contributed by atoms with E-state index in [4.69, 9.17) is 5.73 Å². The van der Waals surface area contributed by atoms with Crippen LogP contribution in [0.2, 0.25) is 0 Å². The smallest absolute Gasteiger partial charge is 0.234 e. The lowest BCUT2D eigenvalue weighted by molar-refractivity contribution is -0.134. The lowest BCUT2D eigenvalue weighted by Gasteiger charge is -2.22. The van der Waals surface area contributed by atoms with Crippen LogP contribution in [0.4, 0.5) is 0 Å². The number of pyridine rings is 1. The van der Waals surface area contributed by atoms with Crippen molar-refractivity contribution in [3.8, 4) is 0 Å². The fraction of sp³-hybridized carbons (Fsp3) is 0.364. The van der Waals surface area contributed by atoms with Crippen molar-refractivity contribution in [2.45, 2.75) is 25.3 Å². The van der Waals surface area contributed by atoms with Gasteiger partial charge in [-0.1, -0.05) is 0 Å². The predicted molar refractivity (Wildman–Crippen MR) is 57.3 cm³/mol. The molecule has 2 heterocycles. The molecule has 0 saturated carbocycles. The molecule has 1 unspecified atom stereocenters. The molecule has 0 aromatic carbocycles. The van der Waals surface area contributed by atoms with Crippen LogP contribution in [0, 0.1) is 0 Å². The van der Waals surface area contributed by atoms with Crippen LogP contribution in [0.15, 0.2) is 18.5 Å². The van der Waals surface area contributed by atoms with Gasteiger partial charge in [0.15, 0.2) is 0 Å². The van der Waals surface area contributed by atoms with Gasteiger partial charge in [0.2, 0.25) is 11.8 Å². The highest BCUT2D eigenvalue weighted by molar-refractivity contribution is 6.01. The highest BCUT2D eigenvalue weighted by atomic mass is 16.2. The molecule has 5 heteroatoms. The summed E-state index contributed by atoms with van der Waals surface area (Å²) in [7, 11) is 0. The SMILES string of the molecule is NCc1ccncc1C1CCC(=O)NC1=O. The van der Waals surface area contributed by atoms with E-state index in [0.717, 1.165) is 11.1 Å². The number of nitrogens with two attached hydrogens (primary N) is 1. The molecule has 1 saturated heterocycles. The molecule has 84 valence electrons. The number of nitrogens with zero attached hydrogens (tertiary/aromatic N) is 1. The lowest BCUT2D eigenvalue weighted by Crippen LogP contribution is -2.39. The Balaban J connectivity index is 2.30. The Morgan fingerprint density at radius 1 is 1.50 bits per heavy atom. The average molecular weight is 219 g/mol. The van der Waals surface area contributed by atoms with Gasteiger partial charge >= 0.3 is 0 Å². The van der Waals surface area contributed by atoms with Gasteiger partial charge in [0.25, 0.3) is 0 Å². The lowest BCUT2D eigenvalue weighted by atomic mass is 9.89. The first-order valence-electron chi connectivity index (χ1n) is 5.19. The predicted octanol–water partition coefficient (Wildman–Crippen LogP) is 0.0605. The molecule has 5 nitrogen and oxygen atoms in total. The first-order valence-corrected chi connectivity index (χ1v) is 5.19. The Hall–Kier alpha value is -1.75. The second-order valence-corrected chi connectivity index (χ2v) is 3.78. The Bertz CT molecular complexity index is 431. The van der Waals surface area contributed by atoms with E-state index in [2.05, 4.69) is 10.3 Å². The minimum absolute atomic E-state index is 0.209. The Morgan fingerprint density at radius 2 is 2.31 bits per heavy atom. The number of piperidine rings is 1. The molecule has 0 radical (unpaired) electrons. The van der Waals surface area contributed by atoms with Crippen LogP contribution in [0.25, 0.3) is 0 Å². The third-order valence-corrected chi connectivity index (χ3v) is 2.78. The van der Waals surface area contributed by atoms with Gasteiger partial charge in [-0.25, -0.2) is 0 Å². The van der Waals surface area contributed by atoms with Crippen molar-refractivity contribution in [2.24, 2.45) is 5.73 Å². The zero-order chi connectivity index (χ0) is 11.5. The molecule has 0 bridgehead atoms. The average Bonchev–Trinajstić information content (AvgIpc) is 2.29. The van der Waals surface area contributed by atoms with E-state index in [1.165, 1.54) is 0 Å². The van der Waals surface area contributed by atoms with Gasteiger partial charge in [0.05, 0.1) is 5.92 Å². The van der Waals surface area contributed by atoms with Crippen LogP contribution >= 0.6 is 0 Å². The highest BCUT2D eigenvalue weighted by Gasteiger charge is 2.29. The van der Waals surface area contributed by atoms with Crippen molar-refractivity contribution in [3.63, 3.8) is 0 Å². The number of hydrogen-bond acceptors (Lipinski definition) is 4. The minimum atomic E-state index is -0.301. The Kier molecular flexibility index (Phi) is 2.96. The second-order valence-electron chi connectivity index (χ2n) is 3.78. The van der Waals surface area contributed by atoms with Crippen LogP contribution in [-0.2, 0) is 16.1 Å². The zero-order valence-corrected chi connectivity index (χ0v) is 8.77. The summed E-state index contributed by atoms with van der Waals surface area (Å²) < 4.78 is 0. The van der Waals surface area contributed by atoms with Gasteiger partial charge in [-0.15, -0.1) is 0 Å². The van der Waals surface area contributed by atoms with Crippen LogP contribution in [0.5, 0.6) is 0 Å². The fourth-order valence-corrected chi connectivity index (χ4v) is 1.93. The summed E-state index contributed by atoms with van der Waals surface area (Å²) in [4.78, 5) is 26.7. The molecule has 1 fully saturated rings. The number of rotatable bonds is 2. The van der Waals surface area contributed by atoms with Crippen molar-refractivity contribution in [3.05, 3.63) is 29.6 Å². The van der Waals surface area contributed by atoms with Gasteiger partial charge in [0.1, 0.15) is 0 Å². The third kappa shape index (κ3) is 1.94. The summed E-state index contributed by atoms with van der Waals surface area (Å²) in [5.74, 6) is -0.761. The third-order valence-electron chi connectivity index (χ3n) is 2.78. The molecule has 1 atom stereocenters. The maximum absolute atomic E-state index is 11.7. The summed E-state index contributed by atoms with van der Waals surface area (Å²) in [6.07, 6.45) is 4.21. The highest BCUT2D eigenvalue weighted by Crippen LogP contribution is 2.26. The van der Waals surface area contributed by atoms with E-state index in [0.29, 0.717) is 19.4 Å². The Morgan fingerprint density at radius 3 is 3.00 bits per heavy atom. The van der Waals surface area contributed by atoms with Crippen molar-refractivity contribution in [2.75, 3.05) is 0 Å². The zero-order valence-electron chi connectivity index (χ0n) is 8.77. The summed E-state index contributed by atoms with van der Waals surface area (Å²) in [5.41, 5.74) is 7.34. The summed E-state index contributed by atoms with van der Waals surface area (Å²) in [6.45, 7) is 0.371. The van der Waals surface area contributed by atoms with Crippen LogP contribution < -0.4 is 11.1 Å². The van der Waals surface area contributed by atoms with E-state index in [1.807, 2.05) is 0 Å². The molecular weight excluding hydrogens is 206 g/mol. The second kappa shape index (κ2) is 4.40. The first-order chi connectivity index (χ1) is 7.72. The largest absolute Gasteiger partial charge is 0.326 e. The van der Waals surface area contributed by atoms with Gasteiger partial charge < -0.3 is 5.73 Å². The maximum atomic E-state index is 11.7. The summed E-state index contributed by atoms with van der Waals surface area (Å²) in [5, 5.41) is 2.33. The first kappa shape index (κ1) is 10.8. The van der Waals surface area contributed by atoms with E-state index in [9.17, 15) is 9.59 Å². The molecule has 1 aliphatic rings. The molecule has 16 heavy (non-hydrogen) atoms. The van der Waals surface area contributed by atoms with Crippen LogP contribution in [0.1, 0.15) is 29.9 Å². The molecule has 1 aromatic heterocycles. The quantitative estimate of drug-likeness (QED) is 0.689. The molecule has 1 aromatic rings. The van der Waals surface area contributed by atoms with Crippen molar-refractivity contribution in [1.82, 2.24) is 10.3 Å². The summed E-state index contributed by atoms with van der Waals surface area (Å²) in [6, 6.07) is 1.80. The molecule has 0 aliphatic carbocycles. The minimum Gasteiger partial charge on any atom is -0.326 e. The number of imide groups is 1. The van der Waals surface area contributed by atoms with E-state index < -0.39 is 0 Å². The standard InChI is InChI=1S/C11H13N3O2/c12-5-7-3-4-13-6-9(7)8-1-2-10(15)14-11(8)16/h3-4,6,8H,1-2,5,12H2,(H,14,15,16). The molecule has 2 amide bonds. The molecular formula is C11H13N3O2. The van der Waals surface area contributed by atoms with Gasteiger partial charge in [-0.05, 0) is 23.6 Å². The van der Waals surface area contributed by atoms with E-state index in [1.54, 1.807) is 18.5 Å². The van der Waals surface area contributed by atoms with Crippen molar-refractivity contribution < 1.29 is 9.59 Å². The number of nitrogens with one attached hydrogen (secondary N) is 1. The van der Waals surface area contributed by atoms with Crippen LogP contribution in [0.3, 0.4) is 0 Å². The van der Waals surface area contributed by atoms with Gasteiger partial charge in [0, 0.05) is 25.4 Å². The number of amides is 2. The van der Waals surface area contributed by atoms with Gasteiger partial charge in [-0.3, -0.25) is 19.9 Å². The van der Waals surface area contributed by atoms with Crippen molar-refractivity contribution >= 4 is 11.8 Å². The number of hydrogen-bond donors (Lipinski definition) is 2. The summed E-state index contributed by atoms with van der Waals surface area (Å²) >= 11 is 0. The molecule has 3 N–H and O–H groups in total. The Labute approximate surface area is 93.0 Å². The van der Waals surface area contributed by atoms with E-state index >= 15 is 0 Å². The van der Waals surface area contributed by atoms with E-state index in [-0.39, 0.29) is 17.7 Å².